The average Bonchev–Trinajstić information content (AvgIpc) is 3.12. The summed E-state index contributed by atoms with van der Waals surface area (Å²) in [6.45, 7) is 3.60. The second-order valence-corrected chi connectivity index (χ2v) is 7.69. The van der Waals surface area contributed by atoms with Crippen LogP contribution in [0.15, 0.2) is 5.38 Å². The van der Waals surface area contributed by atoms with Gasteiger partial charge in [0.05, 0.1) is 18.3 Å². The molecule has 0 amide bonds. The Morgan fingerprint density at radius 1 is 1.54 bits per heavy atom. The smallest absolute Gasteiger partial charge is 0.358 e. The van der Waals surface area contributed by atoms with Gasteiger partial charge >= 0.3 is 5.97 Å². The standard InChI is InChI=1S/C17H23NO5S/c1-9(2)22-17(21)12-8-24-16(18-12)14-4-3-11-10(5-6-19)13(20)7-15(11)23-14/h6,8-11,13-15,20H,3-5,7H2,1-2H3/t10-,11-,13-,14-,15+/m1/s1. The highest BCUT2D eigenvalue weighted by Crippen LogP contribution is 2.46. The molecule has 1 aliphatic carbocycles. The fourth-order valence-corrected chi connectivity index (χ4v) is 4.61. The molecule has 2 heterocycles. The number of nitrogens with zero attached hydrogens (tertiary/aromatic N) is 1. The van der Waals surface area contributed by atoms with E-state index in [1.807, 2.05) is 0 Å². The van der Waals surface area contributed by atoms with E-state index in [1.165, 1.54) is 11.3 Å². The minimum absolute atomic E-state index is 0.00123. The zero-order valence-electron chi connectivity index (χ0n) is 13.9. The summed E-state index contributed by atoms with van der Waals surface area (Å²) in [6, 6.07) is 0. The minimum Gasteiger partial charge on any atom is -0.458 e. The van der Waals surface area contributed by atoms with Gasteiger partial charge in [-0.05, 0) is 38.5 Å². The Hall–Kier alpha value is -1.31. The number of aromatic nitrogens is 1. The van der Waals surface area contributed by atoms with Crippen LogP contribution in [0.25, 0.3) is 0 Å². The summed E-state index contributed by atoms with van der Waals surface area (Å²) in [4.78, 5) is 27.1. The number of carbonyl (C=O) groups is 2. The van der Waals surface area contributed by atoms with Crippen molar-refractivity contribution in [2.45, 2.75) is 63.9 Å². The molecule has 2 fully saturated rings. The van der Waals surface area contributed by atoms with E-state index in [4.69, 9.17) is 9.47 Å². The number of rotatable bonds is 5. The van der Waals surface area contributed by atoms with Crippen LogP contribution in [0.3, 0.4) is 0 Å². The quantitative estimate of drug-likeness (QED) is 0.647. The van der Waals surface area contributed by atoms with E-state index in [2.05, 4.69) is 4.98 Å². The van der Waals surface area contributed by atoms with Crippen LogP contribution in [0.5, 0.6) is 0 Å². The number of aliphatic hydroxyl groups is 1. The van der Waals surface area contributed by atoms with Gasteiger partial charge in [-0.1, -0.05) is 0 Å². The molecule has 0 bridgehead atoms. The first-order valence-corrected chi connectivity index (χ1v) is 9.31. The van der Waals surface area contributed by atoms with Crippen LogP contribution in [0.1, 0.15) is 61.1 Å². The number of thiazole rings is 1. The summed E-state index contributed by atoms with van der Waals surface area (Å²) in [7, 11) is 0. The maximum absolute atomic E-state index is 11.9. The highest BCUT2D eigenvalue weighted by atomic mass is 32.1. The summed E-state index contributed by atoms with van der Waals surface area (Å²) in [5.74, 6) is -0.184. The maximum atomic E-state index is 11.9. The molecule has 0 radical (unpaired) electrons. The van der Waals surface area contributed by atoms with Crippen molar-refractivity contribution in [3.8, 4) is 0 Å². The van der Waals surface area contributed by atoms with Gasteiger partial charge in [0.2, 0.25) is 0 Å². The number of hydrogen-bond donors (Lipinski definition) is 1. The van der Waals surface area contributed by atoms with Crippen LogP contribution >= 0.6 is 11.3 Å². The molecule has 0 spiro atoms. The van der Waals surface area contributed by atoms with Gasteiger partial charge in [0.1, 0.15) is 17.4 Å². The zero-order chi connectivity index (χ0) is 17.3. The lowest BCUT2D eigenvalue weighted by Crippen LogP contribution is -2.30. The first kappa shape index (κ1) is 17.5. The lowest BCUT2D eigenvalue weighted by molar-refractivity contribution is -0.110. The second-order valence-electron chi connectivity index (χ2n) is 6.80. The molecule has 1 saturated heterocycles. The number of aldehydes is 1. The maximum Gasteiger partial charge on any atom is 0.358 e. The van der Waals surface area contributed by atoms with Crippen LogP contribution in [-0.2, 0) is 14.3 Å². The Bertz CT molecular complexity index is 602. The van der Waals surface area contributed by atoms with Crippen molar-refractivity contribution in [2.24, 2.45) is 11.8 Å². The van der Waals surface area contributed by atoms with E-state index in [-0.39, 0.29) is 30.1 Å². The van der Waals surface area contributed by atoms with Crippen molar-refractivity contribution in [3.05, 3.63) is 16.1 Å². The third kappa shape index (κ3) is 3.53. The molecule has 0 unspecified atom stereocenters. The van der Waals surface area contributed by atoms with Gasteiger partial charge in [-0.25, -0.2) is 9.78 Å². The molecule has 1 aromatic heterocycles. The molecular formula is C17H23NO5S. The van der Waals surface area contributed by atoms with E-state index >= 15 is 0 Å². The van der Waals surface area contributed by atoms with E-state index in [0.717, 1.165) is 24.1 Å². The molecule has 1 saturated carbocycles. The van der Waals surface area contributed by atoms with Crippen LogP contribution < -0.4 is 0 Å². The number of esters is 1. The number of fused-ring (bicyclic) bond motifs is 1. The molecule has 0 aromatic carbocycles. The third-order valence-electron chi connectivity index (χ3n) is 4.81. The van der Waals surface area contributed by atoms with Gasteiger partial charge in [0, 0.05) is 18.2 Å². The van der Waals surface area contributed by atoms with Crippen molar-refractivity contribution in [1.29, 1.82) is 0 Å². The number of carbonyl (C=O) groups excluding carboxylic acids is 2. The minimum atomic E-state index is -0.475. The Labute approximate surface area is 145 Å². The normalized spacial score (nSPS) is 32.6. The van der Waals surface area contributed by atoms with E-state index in [9.17, 15) is 14.7 Å². The lowest BCUT2D eigenvalue weighted by atomic mass is 9.85. The Morgan fingerprint density at radius 3 is 3.04 bits per heavy atom. The van der Waals surface area contributed by atoms with Crippen LogP contribution in [0.2, 0.25) is 0 Å². The summed E-state index contributed by atoms with van der Waals surface area (Å²) in [5, 5.41) is 12.6. The zero-order valence-corrected chi connectivity index (χ0v) is 14.7. The predicted molar refractivity (Wildman–Crippen MR) is 87.8 cm³/mol. The monoisotopic (exact) mass is 353 g/mol. The van der Waals surface area contributed by atoms with Crippen molar-refractivity contribution in [1.82, 2.24) is 4.98 Å². The van der Waals surface area contributed by atoms with Crippen molar-refractivity contribution in [2.75, 3.05) is 0 Å². The highest BCUT2D eigenvalue weighted by Gasteiger charge is 2.46. The van der Waals surface area contributed by atoms with Gasteiger partial charge in [-0.15, -0.1) is 11.3 Å². The van der Waals surface area contributed by atoms with Crippen LogP contribution in [0.4, 0.5) is 0 Å². The molecule has 1 N–H and O–H groups in total. The summed E-state index contributed by atoms with van der Waals surface area (Å²) < 4.78 is 11.3. The molecule has 3 rings (SSSR count). The SMILES string of the molecule is CC(C)OC(=O)c1csc([C@H]2CC[C@@H]3[C@@H](CC=O)[C@H](O)C[C@@H]3O2)n1. The predicted octanol–water partition coefficient (Wildman–Crippen LogP) is 2.51. The molecule has 6 nitrogen and oxygen atoms in total. The van der Waals surface area contributed by atoms with Gasteiger partial charge < -0.3 is 19.4 Å². The molecule has 2 aliphatic rings. The van der Waals surface area contributed by atoms with E-state index in [1.54, 1.807) is 19.2 Å². The Kier molecular flexibility index (Phi) is 5.32. The lowest BCUT2D eigenvalue weighted by Gasteiger charge is -2.33. The summed E-state index contributed by atoms with van der Waals surface area (Å²) in [6.07, 6.45) is 2.67. The molecule has 1 aromatic rings. The van der Waals surface area contributed by atoms with Crippen molar-refractivity contribution in [3.63, 3.8) is 0 Å². The van der Waals surface area contributed by atoms with Crippen molar-refractivity contribution < 1.29 is 24.2 Å². The third-order valence-corrected chi connectivity index (χ3v) is 5.75. The van der Waals surface area contributed by atoms with Gasteiger partial charge in [0.15, 0.2) is 5.69 Å². The summed E-state index contributed by atoms with van der Waals surface area (Å²) in [5.41, 5.74) is 0.319. The molecule has 1 aliphatic heterocycles. The van der Waals surface area contributed by atoms with Crippen LogP contribution in [0, 0.1) is 11.8 Å². The number of hydrogen-bond acceptors (Lipinski definition) is 7. The number of ether oxygens (including phenoxy) is 2. The first-order chi connectivity index (χ1) is 11.5. The van der Waals surface area contributed by atoms with Gasteiger partial charge in [-0.3, -0.25) is 0 Å². The second kappa shape index (κ2) is 7.29. The topological polar surface area (TPSA) is 85.7 Å². The summed E-state index contributed by atoms with van der Waals surface area (Å²) >= 11 is 1.40. The van der Waals surface area contributed by atoms with Gasteiger partial charge in [-0.2, -0.15) is 0 Å². The molecule has 24 heavy (non-hydrogen) atoms. The first-order valence-electron chi connectivity index (χ1n) is 8.43. The molecular weight excluding hydrogens is 330 g/mol. The van der Waals surface area contributed by atoms with Crippen LogP contribution in [-0.4, -0.2) is 40.7 Å². The highest BCUT2D eigenvalue weighted by molar-refractivity contribution is 7.09. The van der Waals surface area contributed by atoms with Crippen molar-refractivity contribution >= 4 is 23.6 Å². The molecule has 5 atom stereocenters. The fourth-order valence-electron chi connectivity index (χ4n) is 3.76. The van der Waals surface area contributed by atoms with E-state index < -0.39 is 12.1 Å². The fraction of sp³-hybridized carbons (Fsp3) is 0.706. The molecule has 7 heteroatoms. The largest absolute Gasteiger partial charge is 0.458 e. The molecule has 132 valence electrons. The Morgan fingerprint density at radius 2 is 2.33 bits per heavy atom. The average molecular weight is 353 g/mol. The van der Waals surface area contributed by atoms with Gasteiger partial charge in [0.25, 0.3) is 0 Å². The number of aliphatic hydroxyl groups excluding tert-OH is 1. The Balaban J connectivity index is 1.65. The van der Waals surface area contributed by atoms with E-state index in [0.29, 0.717) is 18.5 Å².